The van der Waals surface area contributed by atoms with Gasteiger partial charge in [0.2, 0.25) is 0 Å². The molecule has 0 aliphatic carbocycles. The topological polar surface area (TPSA) is 17.3 Å². The second-order valence-corrected chi connectivity index (χ2v) is 3.71. The van der Waals surface area contributed by atoms with E-state index in [0.29, 0.717) is 0 Å². The Morgan fingerprint density at radius 1 is 1.17 bits per heavy atom. The molecule has 0 spiro atoms. The summed E-state index contributed by atoms with van der Waals surface area (Å²) in [6.45, 7) is 0. The van der Waals surface area contributed by atoms with Gasteiger partial charge in [-0.2, -0.15) is 5.10 Å². The molecule has 0 unspecified atom stereocenters. The van der Waals surface area contributed by atoms with Gasteiger partial charge in [-0.05, 0) is 18.2 Å². The second kappa shape index (κ2) is 2.08. The smallest absolute Gasteiger partial charge is 0.120 e. The van der Waals surface area contributed by atoms with Gasteiger partial charge in [0, 0.05) is 0 Å². The number of aromatic nitrogens is 2. The SMILES string of the molecule is c1ccc2c(c1)sc1ccnn12. The first kappa shape index (κ1) is 6.20. The Kier molecular flexibility index (Phi) is 1.07. The normalized spacial score (nSPS) is 11.3. The molecule has 0 bridgehead atoms. The Balaban J connectivity index is 2.68. The van der Waals surface area contributed by atoms with Gasteiger partial charge >= 0.3 is 0 Å². The van der Waals surface area contributed by atoms with Crippen LogP contribution in [0.25, 0.3) is 15.0 Å². The standard InChI is InChI=1S/C9H6N2S/c1-2-4-8-7(3-1)11-9(12-8)5-6-10-11/h1-6H. The van der Waals surface area contributed by atoms with Gasteiger partial charge < -0.3 is 0 Å². The lowest BCUT2D eigenvalue weighted by molar-refractivity contribution is 1.02. The van der Waals surface area contributed by atoms with Crippen molar-refractivity contribution in [2.24, 2.45) is 0 Å². The number of hydrogen-bond acceptors (Lipinski definition) is 2. The summed E-state index contributed by atoms with van der Waals surface area (Å²) in [5, 5.41) is 4.23. The number of nitrogens with zero attached hydrogens (tertiary/aromatic N) is 2. The third-order valence-electron chi connectivity index (χ3n) is 1.92. The van der Waals surface area contributed by atoms with Crippen LogP contribution < -0.4 is 0 Å². The van der Waals surface area contributed by atoms with E-state index in [1.165, 1.54) is 15.0 Å². The Morgan fingerprint density at radius 2 is 2.08 bits per heavy atom. The maximum absolute atomic E-state index is 4.23. The summed E-state index contributed by atoms with van der Waals surface area (Å²) < 4.78 is 3.26. The minimum atomic E-state index is 1.20. The summed E-state index contributed by atoms with van der Waals surface area (Å²) in [6.07, 6.45) is 1.83. The van der Waals surface area contributed by atoms with Gasteiger partial charge in [-0.25, -0.2) is 4.52 Å². The molecule has 0 saturated carbocycles. The van der Waals surface area contributed by atoms with Crippen LogP contribution in [-0.4, -0.2) is 9.61 Å². The fraction of sp³-hybridized carbons (Fsp3) is 0. The molecule has 3 rings (SSSR count). The molecule has 2 nitrogen and oxygen atoms in total. The van der Waals surface area contributed by atoms with Crippen molar-refractivity contribution in [2.45, 2.75) is 0 Å². The average molecular weight is 174 g/mol. The Bertz CT molecular complexity index is 534. The van der Waals surface area contributed by atoms with Crippen LogP contribution >= 0.6 is 11.3 Å². The monoisotopic (exact) mass is 174 g/mol. The highest BCUT2D eigenvalue weighted by atomic mass is 32.1. The number of hydrogen-bond donors (Lipinski definition) is 0. The van der Waals surface area contributed by atoms with Crippen molar-refractivity contribution in [3.63, 3.8) is 0 Å². The lowest BCUT2D eigenvalue weighted by Gasteiger charge is -1.86. The van der Waals surface area contributed by atoms with Crippen molar-refractivity contribution in [3.8, 4) is 0 Å². The first-order chi connectivity index (χ1) is 5.95. The third kappa shape index (κ3) is 0.662. The second-order valence-electron chi connectivity index (χ2n) is 2.65. The fourth-order valence-corrected chi connectivity index (χ4v) is 2.37. The van der Waals surface area contributed by atoms with Gasteiger partial charge in [0.25, 0.3) is 0 Å². The summed E-state index contributed by atoms with van der Waals surface area (Å²) in [7, 11) is 0. The van der Waals surface area contributed by atoms with Crippen molar-refractivity contribution in [3.05, 3.63) is 36.5 Å². The van der Waals surface area contributed by atoms with E-state index in [9.17, 15) is 0 Å². The van der Waals surface area contributed by atoms with Crippen LogP contribution in [0.4, 0.5) is 0 Å². The van der Waals surface area contributed by atoms with Crippen LogP contribution in [0.3, 0.4) is 0 Å². The van der Waals surface area contributed by atoms with E-state index < -0.39 is 0 Å². The van der Waals surface area contributed by atoms with Gasteiger partial charge in [-0.15, -0.1) is 11.3 Å². The zero-order valence-corrected chi connectivity index (χ0v) is 7.08. The van der Waals surface area contributed by atoms with Crippen molar-refractivity contribution >= 4 is 26.4 Å². The van der Waals surface area contributed by atoms with Gasteiger partial charge in [0.1, 0.15) is 4.83 Å². The average Bonchev–Trinajstić information content (AvgIpc) is 2.62. The molecule has 3 heteroatoms. The van der Waals surface area contributed by atoms with E-state index in [4.69, 9.17) is 0 Å². The van der Waals surface area contributed by atoms with Crippen LogP contribution in [0.15, 0.2) is 36.5 Å². The highest BCUT2D eigenvalue weighted by Gasteiger charge is 2.02. The highest BCUT2D eigenvalue weighted by Crippen LogP contribution is 2.24. The molecule has 1 aromatic carbocycles. The summed E-state index contributed by atoms with van der Waals surface area (Å²) >= 11 is 1.77. The number of fused-ring (bicyclic) bond motifs is 3. The van der Waals surface area contributed by atoms with Crippen LogP contribution in [0.2, 0.25) is 0 Å². The Hall–Kier alpha value is -1.35. The lowest BCUT2D eigenvalue weighted by atomic mass is 10.3. The molecule has 12 heavy (non-hydrogen) atoms. The van der Waals surface area contributed by atoms with Crippen molar-refractivity contribution in [1.29, 1.82) is 0 Å². The van der Waals surface area contributed by atoms with Crippen LogP contribution in [0, 0.1) is 0 Å². The molecule has 0 aliphatic heterocycles. The van der Waals surface area contributed by atoms with E-state index in [0.717, 1.165) is 0 Å². The molecule has 0 saturated heterocycles. The summed E-state index contributed by atoms with van der Waals surface area (Å²) in [6, 6.07) is 10.3. The Labute approximate surface area is 73.1 Å². The molecule has 58 valence electrons. The lowest BCUT2D eigenvalue weighted by Crippen LogP contribution is -1.79. The Morgan fingerprint density at radius 3 is 3.08 bits per heavy atom. The minimum absolute atomic E-state index is 1.20. The third-order valence-corrected chi connectivity index (χ3v) is 3.00. The number of benzene rings is 1. The van der Waals surface area contributed by atoms with Crippen LogP contribution in [-0.2, 0) is 0 Å². The zero-order valence-electron chi connectivity index (χ0n) is 6.27. The van der Waals surface area contributed by atoms with E-state index in [1.54, 1.807) is 11.3 Å². The molecule has 2 heterocycles. The molecule has 0 fully saturated rings. The number of thiazole rings is 1. The van der Waals surface area contributed by atoms with Gasteiger partial charge in [0.05, 0.1) is 16.4 Å². The molecule has 0 radical (unpaired) electrons. The predicted octanol–water partition coefficient (Wildman–Crippen LogP) is 2.55. The molecule has 3 aromatic rings. The van der Waals surface area contributed by atoms with Crippen LogP contribution in [0.1, 0.15) is 0 Å². The van der Waals surface area contributed by atoms with Crippen LogP contribution in [0.5, 0.6) is 0 Å². The first-order valence-electron chi connectivity index (χ1n) is 3.76. The number of rotatable bonds is 0. The van der Waals surface area contributed by atoms with E-state index >= 15 is 0 Å². The summed E-state index contributed by atoms with van der Waals surface area (Å²) in [5.41, 5.74) is 1.20. The van der Waals surface area contributed by atoms with E-state index in [2.05, 4.69) is 23.3 Å². The van der Waals surface area contributed by atoms with E-state index in [-0.39, 0.29) is 0 Å². The van der Waals surface area contributed by atoms with Crippen molar-refractivity contribution in [1.82, 2.24) is 9.61 Å². The first-order valence-corrected chi connectivity index (χ1v) is 4.58. The molecule has 0 atom stereocenters. The number of para-hydroxylation sites is 1. The molecule has 0 amide bonds. The highest BCUT2D eigenvalue weighted by molar-refractivity contribution is 7.23. The van der Waals surface area contributed by atoms with E-state index in [1.807, 2.05) is 22.8 Å². The zero-order chi connectivity index (χ0) is 7.97. The largest absolute Gasteiger partial charge is 0.222 e. The maximum atomic E-state index is 4.23. The van der Waals surface area contributed by atoms with Gasteiger partial charge in [0.15, 0.2) is 0 Å². The fourth-order valence-electron chi connectivity index (χ4n) is 1.38. The quantitative estimate of drug-likeness (QED) is 0.512. The molecule has 0 N–H and O–H groups in total. The molecular weight excluding hydrogens is 168 g/mol. The molecule has 0 aliphatic rings. The van der Waals surface area contributed by atoms with Crippen molar-refractivity contribution in [2.75, 3.05) is 0 Å². The molecular formula is C9H6N2S. The predicted molar refractivity (Wildman–Crippen MR) is 50.6 cm³/mol. The molecule has 2 aromatic heterocycles. The minimum Gasteiger partial charge on any atom is -0.222 e. The maximum Gasteiger partial charge on any atom is 0.120 e. The summed E-state index contributed by atoms with van der Waals surface area (Å²) in [5.74, 6) is 0. The summed E-state index contributed by atoms with van der Waals surface area (Å²) in [4.78, 5) is 1.20. The van der Waals surface area contributed by atoms with Gasteiger partial charge in [-0.1, -0.05) is 12.1 Å². The van der Waals surface area contributed by atoms with Gasteiger partial charge in [-0.3, -0.25) is 0 Å². The van der Waals surface area contributed by atoms with Crippen molar-refractivity contribution < 1.29 is 0 Å².